The number of hydrogen-bond acceptors (Lipinski definition) is 3. The van der Waals surface area contributed by atoms with Gasteiger partial charge in [0.2, 0.25) is 0 Å². The summed E-state index contributed by atoms with van der Waals surface area (Å²) >= 11 is 0. The minimum Gasteiger partial charge on any atom is -0.477 e. The maximum absolute atomic E-state index is 10.7. The standard InChI is InChI=1S/C12H16N2O2/c1-2-8-6-9(8)7-13-11-5-3-4-10(14-11)12(15)16/h3-5,8-9H,2,6-7H2,1H3,(H,13,14)(H,15,16)/t8-,9+/m1/s1. The number of carboxylic acids is 1. The topological polar surface area (TPSA) is 62.2 Å². The summed E-state index contributed by atoms with van der Waals surface area (Å²) in [6, 6.07) is 5.01. The molecule has 1 aromatic heterocycles. The maximum Gasteiger partial charge on any atom is 0.354 e. The van der Waals surface area contributed by atoms with Gasteiger partial charge in [0.1, 0.15) is 5.82 Å². The highest BCUT2D eigenvalue weighted by molar-refractivity contribution is 5.85. The van der Waals surface area contributed by atoms with E-state index in [0.717, 1.165) is 18.4 Å². The molecule has 1 aliphatic carbocycles. The van der Waals surface area contributed by atoms with Gasteiger partial charge in [-0.25, -0.2) is 9.78 Å². The fourth-order valence-electron chi connectivity index (χ4n) is 1.95. The second-order valence-corrected chi connectivity index (χ2v) is 4.26. The lowest BCUT2D eigenvalue weighted by molar-refractivity contribution is 0.0690. The smallest absolute Gasteiger partial charge is 0.354 e. The van der Waals surface area contributed by atoms with Gasteiger partial charge in [-0.1, -0.05) is 19.4 Å². The van der Waals surface area contributed by atoms with Gasteiger partial charge in [-0.15, -0.1) is 0 Å². The highest BCUT2D eigenvalue weighted by Gasteiger charge is 2.34. The molecule has 1 aliphatic rings. The second kappa shape index (κ2) is 4.51. The Balaban J connectivity index is 1.89. The maximum atomic E-state index is 10.7. The molecule has 16 heavy (non-hydrogen) atoms. The number of rotatable bonds is 5. The molecule has 4 nitrogen and oxygen atoms in total. The van der Waals surface area contributed by atoms with Crippen molar-refractivity contribution in [2.24, 2.45) is 11.8 Å². The van der Waals surface area contributed by atoms with Crippen molar-refractivity contribution in [1.82, 2.24) is 4.98 Å². The Morgan fingerprint density at radius 2 is 2.38 bits per heavy atom. The Morgan fingerprint density at radius 1 is 1.56 bits per heavy atom. The van der Waals surface area contributed by atoms with Crippen LogP contribution in [-0.4, -0.2) is 22.6 Å². The summed E-state index contributed by atoms with van der Waals surface area (Å²) in [5.74, 6) is 1.25. The van der Waals surface area contributed by atoms with Gasteiger partial charge in [-0.3, -0.25) is 0 Å². The molecule has 1 saturated carbocycles. The SMILES string of the molecule is CC[C@@H]1C[C@H]1CNc1cccc(C(=O)O)n1. The van der Waals surface area contributed by atoms with E-state index in [9.17, 15) is 4.79 Å². The first-order valence-corrected chi connectivity index (χ1v) is 5.65. The van der Waals surface area contributed by atoms with Crippen molar-refractivity contribution in [2.75, 3.05) is 11.9 Å². The highest BCUT2D eigenvalue weighted by Crippen LogP contribution is 2.40. The average Bonchev–Trinajstić information content (AvgIpc) is 3.05. The monoisotopic (exact) mass is 220 g/mol. The van der Waals surface area contributed by atoms with Crippen LogP contribution in [0.3, 0.4) is 0 Å². The first-order valence-electron chi connectivity index (χ1n) is 5.65. The fraction of sp³-hybridized carbons (Fsp3) is 0.500. The Labute approximate surface area is 94.7 Å². The lowest BCUT2D eigenvalue weighted by atomic mass is 10.2. The van der Waals surface area contributed by atoms with E-state index < -0.39 is 5.97 Å². The number of carbonyl (C=O) groups is 1. The van der Waals surface area contributed by atoms with Gasteiger partial charge in [-0.05, 0) is 30.4 Å². The lowest BCUT2D eigenvalue weighted by Crippen LogP contribution is -2.08. The molecule has 1 aromatic rings. The zero-order valence-electron chi connectivity index (χ0n) is 9.31. The van der Waals surface area contributed by atoms with Crippen molar-refractivity contribution in [2.45, 2.75) is 19.8 Å². The largest absolute Gasteiger partial charge is 0.477 e. The van der Waals surface area contributed by atoms with Gasteiger partial charge < -0.3 is 10.4 Å². The van der Waals surface area contributed by atoms with Crippen LogP contribution in [0.25, 0.3) is 0 Å². The zero-order chi connectivity index (χ0) is 11.5. The quantitative estimate of drug-likeness (QED) is 0.798. The molecule has 0 aliphatic heterocycles. The van der Waals surface area contributed by atoms with Gasteiger partial charge in [0, 0.05) is 6.54 Å². The Bertz CT molecular complexity index is 392. The number of aromatic carboxylic acids is 1. The molecule has 0 bridgehead atoms. The summed E-state index contributed by atoms with van der Waals surface area (Å²) in [7, 11) is 0. The van der Waals surface area contributed by atoms with E-state index in [1.807, 2.05) is 0 Å². The molecule has 0 unspecified atom stereocenters. The Kier molecular flexibility index (Phi) is 3.08. The van der Waals surface area contributed by atoms with E-state index >= 15 is 0 Å². The normalized spacial score (nSPS) is 22.8. The van der Waals surface area contributed by atoms with Crippen molar-refractivity contribution in [3.05, 3.63) is 23.9 Å². The summed E-state index contributed by atoms with van der Waals surface area (Å²) in [6.07, 6.45) is 2.51. The summed E-state index contributed by atoms with van der Waals surface area (Å²) in [5.41, 5.74) is 0.0906. The predicted molar refractivity (Wildman–Crippen MR) is 61.6 cm³/mol. The number of nitrogens with zero attached hydrogens (tertiary/aromatic N) is 1. The summed E-state index contributed by atoms with van der Waals surface area (Å²) in [6.45, 7) is 3.10. The van der Waals surface area contributed by atoms with Crippen molar-refractivity contribution < 1.29 is 9.90 Å². The van der Waals surface area contributed by atoms with E-state index in [1.165, 1.54) is 18.9 Å². The average molecular weight is 220 g/mol. The molecule has 2 N–H and O–H groups in total. The van der Waals surface area contributed by atoms with Crippen LogP contribution in [0.5, 0.6) is 0 Å². The van der Waals surface area contributed by atoms with Gasteiger partial charge >= 0.3 is 5.97 Å². The van der Waals surface area contributed by atoms with Crippen LogP contribution in [0.15, 0.2) is 18.2 Å². The summed E-state index contributed by atoms with van der Waals surface area (Å²) in [5, 5.41) is 12.0. The number of pyridine rings is 1. The van der Waals surface area contributed by atoms with Crippen molar-refractivity contribution in [1.29, 1.82) is 0 Å². The third kappa shape index (κ3) is 2.51. The van der Waals surface area contributed by atoms with Crippen LogP contribution in [0.4, 0.5) is 5.82 Å². The molecule has 1 heterocycles. The van der Waals surface area contributed by atoms with Crippen molar-refractivity contribution in [3.63, 3.8) is 0 Å². The number of hydrogen-bond donors (Lipinski definition) is 2. The van der Waals surface area contributed by atoms with Crippen LogP contribution < -0.4 is 5.32 Å². The molecule has 0 aromatic carbocycles. The lowest BCUT2D eigenvalue weighted by Gasteiger charge is -2.05. The molecule has 0 spiro atoms. The first kappa shape index (κ1) is 10.9. The number of nitrogens with one attached hydrogen (secondary N) is 1. The van der Waals surface area contributed by atoms with Gasteiger partial charge in [-0.2, -0.15) is 0 Å². The zero-order valence-corrected chi connectivity index (χ0v) is 9.31. The third-order valence-corrected chi connectivity index (χ3v) is 3.11. The first-order chi connectivity index (χ1) is 7.70. The number of aromatic nitrogens is 1. The second-order valence-electron chi connectivity index (χ2n) is 4.26. The highest BCUT2D eigenvalue weighted by atomic mass is 16.4. The van der Waals surface area contributed by atoms with Crippen LogP contribution in [0, 0.1) is 11.8 Å². The van der Waals surface area contributed by atoms with Gasteiger partial charge in [0.15, 0.2) is 5.69 Å². The van der Waals surface area contributed by atoms with E-state index in [1.54, 1.807) is 12.1 Å². The molecule has 2 atom stereocenters. The number of anilines is 1. The van der Waals surface area contributed by atoms with Crippen molar-refractivity contribution >= 4 is 11.8 Å². The minimum atomic E-state index is -0.985. The van der Waals surface area contributed by atoms with Crippen LogP contribution >= 0.6 is 0 Å². The molecule has 86 valence electrons. The van der Waals surface area contributed by atoms with Gasteiger partial charge in [0.25, 0.3) is 0 Å². The van der Waals surface area contributed by atoms with E-state index in [0.29, 0.717) is 5.82 Å². The van der Waals surface area contributed by atoms with Crippen molar-refractivity contribution in [3.8, 4) is 0 Å². The van der Waals surface area contributed by atoms with E-state index in [4.69, 9.17) is 5.11 Å². The number of carboxylic acid groups (broad SMARTS) is 1. The van der Waals surface area contributed by atoms with Crippen LogP contribution in [-0.2, 0) is 0 Å². The van der Waals surface area contributed by atoms with Crippen LogP contribution in [0.2, 0.25) is 0 Å². The molecular weight excluding hydrogens is 204 g/mol. The van der Waals surface area contributed by atoms with E-state index in [-0.39, 0.29) is 5.69 Å². The summed E-state index contributed by atoms with van der Waals surface area (Å²) < 4.78 is 0. The molecule has 4 heteroatoms. The molecule has 2 rings (SSSR count). The third-order valence-electron chi connectivity index (χ3n) is 3.11. The summed E-state index contributed by atoms with van der Waals surface area (Å²) in [4.78, 5) is 14.7. The van der Waals surface area contributed by atoms with E-state index in [2.05, 4.69) is 17.2 Å². The molecule has 0 amide bonds. The molecule has 0 radical (unpaired) electrons. The molecule has 1 fully saturated rings. The minimum absolute atomic E-state index is 0.0906. The van der Waals surface area contributed by atoms with Gasteiger partial charge in [0.05, 0.1) is 0 Å². The fourth-order valence-corrected chi connectivity index (χ4v) is 1.95. The molecule has 0 saturated heterocycles. The molecular formula is C12H16N2O2. The Morgan fingerprint density at radius 3 is 3.00 bits per heavy atom. The Hall–Kier alpha value is -1.58. The van der Waals surface area contributed by atoms with Crippen LogP contribution in [0.1, 0.15) is 30.3 Å². The predicted octanol–water partition coefficient (Wildman–Crippen LogP) is 2.24.